The monoisotopic (exact) mass is 268 g/mol. The molecule has 1 aliphatic heterocycles. The van der Waals surface area contributed by atoms with E-state index in [9.17, 15) is 4.79 Å². The number of thiocarbonyl (C=S) groups is 1. The first-order valence-electron chi connectivity index (χ1n) is 7.03. The topological polar surface area (TPSA) is 46.3 Å². The summed E-state index contributed by atoms with van der Waals surface area (Å²) >= 11 is 5.09. The van der Waals surface area contributed by atoms with E-state index in [4.69, 9.17) is 18.0 Å². The number of likely N-dealkylation sites (tertiary alicyclic amines) is 1. The molecule has 0 aromatic rings. The number of hydrogen-bond acceptors (Lipinski definition) is 2. The van der Waals surface area contributed by atoms with Gasteiger partial charge in [-0.05, 0) is 31.1 Å². The van der Waals surface area contributed by atoms with Crippen molar-refractivity contribution in [3.05, 3.63) is 0 Å². The van der Waals surface area contributed by atoms with Crippen molar-refractivity contribution in [1.82, 2.24) is 4.90 Å². The van der Waals surface area contributed by atoms with Crippen molar-refractivity contribution in [2.45, 2.75) is 58.4 Å². The lowest BCUT2D eigenvalue weighted by molar-refractivity contribution is -0.140. The van der Waals surface area contributed by atoms with Crippen LogP contribution in [0.2, 0.25) is 0 Å². The van der Waals surface area contributed by atoms with E-state index in [1.54, 1.807) is 0 Å². The molecular formula is C14H24N2OS. The van der Waals surface area contributed by atoms with Gasteiger partial charge in [-0.3, -0.25) is 4.79 Å². The number of nitrogens with zero attached hydrogens (tertiary/aromatic N) is 1. The fourth-order valence-electron chi connectivity index (χ4n) is 3.48. The minimum atomic E-state index is 0.00484. The van der Waals surface area contributed by atoms with Crippen LogP contribution < -0.4 is 5.73 Å². The molecule has 0 bridgehead atoms. The summed E-state index contributed by atoms with van der Waals surface area (Å²) in [6, 6.07) is 0.00484. The Balaban J connectivity index is 2.12. The van der Waals surface area contributed by atoms with Gasteiger partial charge in [0.1, 0.15) is 0 Å². The fourth-order valence-corrected chi connectivity index (χ4v) is 3.72. The molecule has 102 valence electrons. The Morgan fingerprint density at radius 1 is 1.28 bits per heavy atom. The Morgan fingerprint density at radius 2 is 2.00 bits per heavy atom. The molecule has 2 aliphatic rings. The number of amides is 1. The largest absolute Gasteiger partial charge is 0.392 e. The molecule has 1 heterocycles. The first kappa shape index (κ1) is 13.8. The van der Waals surface area contributed by atoms with Gasteiger partial charge in [-0.15, -0.1) is 0 Å². The quantitative estimate of drug-likeness (QED) is 0.783. The second kappa shape index (κ2) is 5.16. The highest BCUT2D eigenvalue weighted by molar-refractivity contribution is 7.80. The molecule has 3 nitrogen and oxygen atoms in total. The molecule has 0 aromatic heterocycles. The molecule has 0 radical (unpaired) electrons. The zero-order valence-corrected chi connectivity index (χ0v) is 12.3. The van der Waals surface area contributed by atoms with Gasteiger partial charge < -0.3 is 10.6 Å². The maximum Gasteiger partial charge on any atom is 0.226 e. The average molecular weight is 268 g/mol. The molecule has 4 heteroatoms. The van der Waals surface area contributed by atoms with E-state index in [1.165, 1.54) is 12.8 Å². The lowest BCUT2D eigenvalue weighted by atomic mass is 9.68. The highest BCUT2D eigenvalue weighted by Gasteiger charge is 2.42. The number of carbonyl (C=O) groups excluding carboxylic acids is 1. The van der Waals surface area contributed by atoms with Crippen LogP contribution in [0.1, 0.15) is 52.4 Å². The van der Waals surface area contributed by atoms with Gasteiger partial charge in [0, 0.05) is 12.5 Å². The molecule has 1 aliphatic carbocycles. The van der Waals surface area contributed by atoms with E-state index in [-0.39, 0.29) is 23.3 Å². The van der Waals surface area contributed by atoms with Crippen LogP contribution in [0.3, 0.4) is 0 Å². The van der Waals surface area contributed by atoms with Gasteiger partial charge in [0.15, 0.2) is 0 Å². The van der Waals surface area contributed by atoms with E-state index < -0.39 is 0 Å². The zero-order chi connectivity index (χ0) is 13.3. The first-order valence-corrected chi connectivity index (χ1v) is 7.44. The molecule has 2 atom stereocenters. The van der Waals surface area contributed by atoms with Gasteiger partial charge in [-0.2, -0.15) is 0 Å². The highest BCUT2D eigenvalue weighted by atomic mass is 32.1. The Morgan fingerprint density at radius 3 is 2.61 bits per heavy atom. The van der Waals surface area contributed by atoms with E-state index >= 15 is 0 Å². The standard InChI is InChI=1S/C14H24N2OS/c1-14(2)8-4-3-6-10(14)13(17)16-9-5-7-11(16)12(15)18/h10-11H,3-9H2,1-2H3,(H2,15,18). The van der Waals surface area contributed by atoms with Crippen LogP contribution in [0.5, 0.6) is 0 Å². The average Bonchev–Trinajstić information content (AvgIpc) is 2.76. The SMILES string of the molecule is CC1(C)CCCCC1C(=O)N1CCCC1C(N)=S. The van der Waals surface area contributed by atoms with Crippen molar-refractivity contribution in [3.63, 3.8) is 0 Å². The summed E-state index contributed by atoms with van der Waals surface area (Å²) in [6.07, 6.45) is 6.55. The Hall–Kier alpha value is -0.640. The Kier molecular flexibility index (Phi) is 3.95. The lowest BCUT2D eigenvalue weighted by Gasteiger charge is -2.40. The molecule has 2 fully saturated rings. The van der Waals surface area contributed by atoms with Crippen LogP contribution in [0.4, 0.5) is 0 Å². The molecule has 2 unspecified atom stereocenters. The maximum atomic E-state index is 12.7. The van der Waals surface area contributed by atoms with Crippen LogP contribution in [0.15, 0.2) is 0 Å². The van der Waals surface area contributed by atoms with Gasteiger partial charge in [-0.1, -0.05) is 38.9 Å². The van der Waals surface area contributed by atoms with E-state index in [1.807, 2.05) is 4.90 Å². The third kappa shape index (κ3) is 2.53. The van der Waals surface area contributed by atoms with Crippen LogP contribution in [0, 0.1) is 11.3 Å². The van der Waals surface area contributed by atoms with Crippen LogP contribution in [-0.4, -0.2) is 28.4 Å². The molecule has 0 aromatic carbocycles. The second-order valence-corrected chi connectivity index (χ2v) is 6.85. The van der Waals surface area contributed by atoms with Gasteiger partial charge >= 0.3 is 0 Å². The molecule has 1 amide bonds. The second-order valence-electron chi connectivity index (χ2n) is 6.38. The minimum absolute atomic E-state index is 0.00484. The number of rotatable bonds is 2. The lowest BCUT2D eigenvalue weighted by Crippen LogP contribution is -2.49. The first-order chi connectivity index (χ1) is 8.43. The number of carbonyl (C=O) groups is 1. The van der Waals surface area contributed by atoms with Gasteiger partial charge in [0.2, 0.25) is 5.91 Å². The molecule has 1 saturated heterocycles. The zero-order valence-electron chi connectivity index (χ0n) is 11.4. The molecule has 2 rings (SSSR count). The third-order valence-electron chi connectivity index (χ3n) is 4.67. The molecular weight excluding hydrogens is 244 g/mol. The summed E-state index contributed by atoms with van der Waals surface area (Å²) in [5, 5.41) is 0. The summed E-state index contributed by atoms with van der Waals surface area (Å²) in [7, 11) is 0. The summed E-state index contributed by atoms with van der Waals surface area (Å²) in [4.78, 5) is 15.2. The predicted molar refractivity (Wildman–Crippen MR) is 77.3 cm³/mol. The summed E-state index contributed by atoms with van der Waals surface area (Å²) in [5.41, 5.74) is 5.88. The van der Waals surface area contributed by atoms with Crippen molar-refractivity contribution in [2.75, 3.05) is 6.54 Å². The van der Waals surface area contributed by atoms with E-state index in [0.29, 0.717) is 4.99 Å². The number of nitrogens with two attached hydrogens (primary N) is 1. The van der Waals surface area contributed by atoms with Gasteiger partial charge in [0.25, 0.3) is 0 Å². The molecule has 18 heavy (non-hydrogen) atoms. The normalized spacial score (nSPS) is 31.3. The maximum absolute atomic E-state index is 12.7. The highest BCUT2D eigenvalue weighted by Crippen LogP contribution is 2.42. The van der Waals surface area contributed by atoms with Crippen molar-refractivity contribution >= 4 is 23.1 Å². The van der Waals surface area contributed by atoms with Crippen LogP contribution in [0.25, 0.3) is 0 Å². The molecule has 0 spiro atoms. The summed E-state index contributed by atoms with van der Waals surface area (Å²) in [5.74, 6) is 0.441. The van der Waals surface area contributed by atoms with Crippen molar-refractivity contribution in [1.29, 1.82) is 0 Å². The van der Waals surface area contributed by atoms with Crippen molar-refractivity contribution in [3.8, 4) is 0 Å². The van der Waals surface area contributed by atoms with Crippen molar-refractivity contribution in [2.24, 2.45) is 17.1 Å². The Labute approximate surface area is 115 Å². The predicted octanol–water partition coefficient (Wildman–Crippen LogP) is 2.48. The van der Waals surface area contributed by atoms with Crippen molar-refractivity contribution < 1.29 is 4.79 Å². The minimum Gasteiger partial charge on any atom is -0.392 e. The Bertz CT molecular complexity index is 354. The fraction of sp³-hybridized carbons (Fsp3) is 0.857. The third-order valence-corrected chi connectivity index (χ3v) is 4.94. The van der Waals surface area contributed by atoms with Crippen LogP contribution in [-0.2, 0) is 4.79 Å². The smallest absolute Gasteiger partial charge is 0.226 e. The van der Waals surface area contributed by atoms with E-state index in [2.05, 4.69) is 13.8 Å². The van der Waals surface area contributed by atoms with E-state index in [0.717, 1.165) is 32.2 Å². The van der Waals surface area contributed by atoms with Gasteiger partial charge in [0.05, 0.1) is 11.0 Å². The van der Waals surface area contributed by atoms with Gasteiger partial charge in [-0.25, -0.2) is 0 Å². The summed E-state index contributed by atoms with van der Waals surface area (Å²) < 4.78 is 0. The van der Waals surface area contributed by atoms with Crippen LogP contribution >= 0.6 is 12.2 Å². The molecule has 2 N–H and O–H groups in total. The molecule has 1 saturated carbocycles. The number of hydrogen-bond donors (Lipinski definition) is 1. The summed E-state index contributed by atoms with van der Waals surface area (Å²) in [6.45, 7) is 5.27.